The normalized spacial score (nSPS) is 19.6. The molecule has 0 spiro atoms. The summed E-state index contributed by atoms with van der Waals surface area (Å²) < 4.78 is 41.2. The van der Waals surface area contributed by atoms with E-state index < -0.39 is 18.2 Å². The highest BCUT2D eigenvalue weighted by atomic mass is 19.3. The summed E-state index contributed by atoms with van der Waals surface area (Å²) in [6, 6.07) is 4.14. The van der Waals surface area contributed by atoms with Crippen LogP contribution in [0.5, 0.6) is 5.75 Å². The number of nitrogens with one attached hydrogen (secondary N) is 2. The van der Waals surface area contributed by atoms with E-state index in [1.807, 2.05) is 0 Å². The van der Waals surface area contributed by atoms with E-state index in [1.165, 1.54) is 12.1 Å². The molecule has 2 rings (SSSR count). The van der Waals surface area contributed by atoms with Crippen molar-refractivity contribution < 1.29 is 17.9 Å². The number of hydrogen-bond donors (Lipinski definition) is 2. The average Bonchev–Trinajstić information content (AvgIpc) is 2.74. The maximum absolute atomic E-state index is 13.4. The maximum atomic E-state index is 13.4. The van der Waals surface area contributed by atoms with Crippen LogP contribution in [-0.2, 0) is 0 Å². The first-order valence-electron chi connectivity index (χ1n) is 5.37. The van der Waals surface area contributed by atoms with Gasteiger partial charge in [0.1, 0.15) is 0 Å². The molecule has 1 aromatic rings. The molecule has 94 valence electrons. The largest absolute Gasteiger partial charge is 0.432 e. The van der Waals surface area contributed by atoms with Crippen molar-refractivity contribution in [3.63, 3.8) is 0 Å². The Labute approximate surface area is 97.0 Å². The zero-order valence-electron chi connectivity index (χ0n) is 9.05. The van der Waals surface area contributed by atoms with Crippen molar-refractivity contribution in [3.8, 4) is 5.75 Å². The molecule has 1 aliphatic rings. The summed E-state index contributed by atoms with van der Waals surface area (Å²) in [5, 5.41) is 6.28. The molecule has 1 saturated heterocycles. The van der Waals surface area contributed by atoms with E-state index in [-0.39, 0.29) is 6.04 Å². The highest BCUT2D eigenvalue weighted by molar-refractivity contribution is 5.48. The zero-order chi connectivity index (χ0) is 12.3. The van der Waals surface area contributed by atoms with E-state index in [0.29, 0.717) is 5.69 Å². The first-order valence-corrected chi connectivity index (χ1v) is 5.37. The van der Waals surface area contributed by atoms with Gasteiger partial charge in [0.2, 0.25) is 0 Å². The minimum absolute atomic E-state index is 0.247. The van der Waals surface area contributed by atoms with Gasteiger partial charge in [-0.15, -0.1) is 0 Å². The SMILES string of the molecule is Fc1cc(NC2CCNC2)ccc1OC(F)F. The van der Waals surface area contributed by atoms with Crippen molar-refractivity contribution in [2.45, 2.75) is 19.1 Å². The monoisotopic (exact) mass is 246 g/mol. The number of halogens is 3. The molecule has 0 radical (unpaired) electrons. The van der Waals surface area contributed by atoms with Crippen molar-refractivity contribution in [1.29, 1.82) is 0 Å². The topological polar surface area (TPSA) is 33.3 Å². The molecule has 0 aromatic heterocycles. The Bertz CT molecular complexity index is 381. The fourth-order valence-electron chi connectivity index (χ4n) is 1.80. The van der Waals surface area contributed by atoms with Crippen LogP contribution in [0.3, 0.4) is 0 Å². The van der Waals surface area contributed by atoms with Crippen LogP contribution in [0.25, 0.3) is 0 Å². The molecule has 2 N–H and O–H groups in total. The quantitative estimate of drug-likeness (QED) is 0.854. The van der Waals surface area contributed by atoms with Crippen LogP contribution in [0.1, 0.15) is 6.42 Å². The lowest BCUT2D eigenvalue weighted by Crippen LogP contribution is -2.22. The Morgan fingerprint density at radius 3 is 2.82 bits per heavy atom. The second-order valence-corrected chi connectivity index (χ2v) is 3.86. The Morgan fingerprint density at radius 2 is 2.24 bits per heavy atom. The Balaban J connectivity index is 2.02. The lowest BCUT2D eigenvalue weighted by molar-refractivity contribution is -0.0521. The second-order valence-electron chi connectivity index (χ2n) is 3.86. The minimum atomic E-state index is -3.01. The standard InChI is InChI=1S/C11H13F3N2O/c12-9-5-7(16-8-3-4-15-6-8)1-2-10(9)17-11(13)14/h1-2,5,8,11,15-16H,3-4,6H2. The molecule has 17 heavy (non-hydrogen) atoms. The van der Waals surface area contributed by atoms with Crippen LogP contribution in [0.2, 0.25) is 0 Å². The summed E-state index contributed by atoms with van der Waals surface area (Å²) in [5.74, 6) is -1.23. The molecule has 0 amide bonds. The predicted octanol–water partition coefficient (Wildman–Crippen LogP) is 2.20. The van der Waals surface area contributed by atoms with E-state index in [9.17, 15) is 13.2 Å². The zero-order valence-corrected chi connectivity index (χ0v) is 9.05. The van der Waals surface area contributed by atoms with Crippen molar-refractivity contribution >= 4 is 5.69 Å². The number of anilines is 1. The molecule has 0 aliphatic carbocycles. The van der Waals surface area contributed by atoms with Gasteiger partial charge in [-0.1, -0.05) is 0 Å². The molecule has 6 heteroatoms. The molecule has 1 heterocycles. The number of hydrogen-bond acceptors (Lipinski definition) is 3. The molecular weight excluding hydrogens is 233 g/mol. The molecular formula is C11H13F3N2O. The number of rotatable bonds is 4. The van der Waals surface area contributed by atoms with Gasteiger partial charge in [0.15, 0.2) is 11.6 Å². The molecule has 3 nitrogen and oxygen atoms in total. The Hall–Kier alpha value is -1.43. The van der Waals surface area contributed by atoms with E-state index in [1.54, 1.807) is 0 Å². The van der Waals surface area contributed by atoms with E-state index >= 15 is 0 Å². The maximum Gasteiger partial charge on any atom is 0.387 e. The number of ether oxygens (including phenoxy) is 1. The van der Waals surface area contributed by atoms with Gasteiger partial charge >= 0.3 is 6.61 Å². The fraction of sp³-hybridized carbons (Fsp3) is 0.455. The molecule has 1 aliphatic heterocycles. The van der Waals surface area contributed by atoms with Gasteiger partial charge in [0.05, 0.1) is 0 Å². The van der Waals surface area contributed by atoms with Crippen LogP contribution in [0.4, 0.5) is 18.9 Å². The minimum Gasteiger partial charge on any atom is -0.432 e. The summed E-state index contributed by atoms with van der Waals surface area (Å²) in [5.41, 5.74) is 0.567. The second kappa shape index (κ2) is 5.27. The third kappa shape index (κ3) is 3.26. The third-order valence-corrected chi connectivity index (χ3v) is 2.58. The van der Waals surface area contributed by atoms with Crippen LogP contribution in [0.15, 0.2) is 18.2 Å². The Morgan fingerprint density at radius 1 is 1.41 bits per heavy atom. The number of alkyl halides is 2. The van der Waals surface area contributed by atoms with Gasteiger partial charge in [-0.25, -0.2) is 4.39 Å². The van der Waals surface area contributed by atoms with Gasteiger partial charge in [-0.3, -0.25) is 0 Å². The Kier molecular flexibility index (Phi) is 3.73. The van der Waals surface area contributed by atoms with Crippen molar-refractivity contribution in [1.82, 2.24) is 5.32 Å². The molecule has 1 unspecified atom stereocenters. The van der Waals surface area contributed by atoms with E-state index in [2.05, 4.69) is 15.4 Å². The van der Waals surface area contributed by atoms with Crippen LogP contribution in [-0.4, -0.2) is 25.7 Å². The summed E-state index contributed by atoms with van der Waals surface area (Å²) in [6.07, 6.45) is 0.955. The first-order chi connectivity index (χ1) is 8.15. The lowest BCUT2D eigenvalue weighted by Gasteiger charge is -2.14. The van der Waals surface area contributed by atoms with Crippen LogP contribution >= 0.6 is 0 Å². The van der Waals surface area contributed by atoms with Gasteiger partial charge < -0.3 is 15.4 Å². The smallest absolute Gasteiger partial charge is 0.387 e. The predicted molar refractivity (Wildman–Crippen MR) is 57.9 cm³/mol. The van der Waals surface area contributed by atoms with Gasteiger partial charge in [0.25, 0.3) is 0 Å². The highest BCUT2D eigenvalue weighted by Gasteiger charge is 2.15. The summed E-state index contributed by atoms with van der Waals surface area (Å²) in [4.78, 5) is 0. The van der Waals surface area contributed by atoms with Gasteiger partial charge in [0, 0.05) is 24.3 Å². The van der Waals surface area contributed by atoms with E-state index in [4.69, 9.17) is 0 Å². The molecule has 0 bridgehead atoms. The lowest BCUT2D eigenvalue weighted by atomic mass is 10.2. The summed E-state index contributed by atoms with van der Waals surface area (Å²) >= 11 is 0. The van der Waals surface area contributed by atoms with E-state index in [0.717, 1.165) is 25.6 Å². The van der Waals surface area contributed by atoms with Gasteiger partial charge in [-0.2, -0.15) is 8.78 Å². The highest BCUT2D eigenvalue weighted by Crippen LogP contribution is 2.23. The van der Waals surface area contributed by atoms with Crippen molar-refractivity contribution in [3.05, 3.63) is 24.0 Å². The van der Waals surface area contributed by atoms with Crippen LogP contribution in [0, 0.1) is 5.82 Å². The number of benzene rings is 1. The van der Waals surface area contributed by atoms with Crippen molar-refractivity contribution in [2.75, 3.05) is 18.4 Å². The average molecular weight is 246 g/mol. The van der Waals surface area contributed by atoms with Gasteiger partial charge in [-0.05, 0) is 25.1 Å². The summed E-state index contributed by atoms with van der Waals surface area (Å²) in [6.45, 7) is -1.27. The van der Waals surface area contributed by atoms with Crippen LogP contribution < -0.4 is 15.4 Å². The third-order valence-electron chi connectivity index (χ3n) is 2.58. The fourth-order valence-corrected chi connectivity index (χ4v) is 1.80. The summed E-state index contributed by atoms with van der Waals surface area (Å²) in [7, 11) is 0. The molecule has 1 atom stereocenters. The first kappa shape index (κ1) is 12.0. The molecule has 0 saturated carbocycles. The van der Waals surface area contributed by atoms with Crippen molar-refractivity contribution in [2.24, 2.45) is 0 Å². The molecule has 1 fully saturated rings. The molecule has 1 aromatic carbocycles.